The highest BCUT2D eigenvalue weighted by atomic mass is 79.9. The molecule has 0 bridgehead atoms. The molecule has 0 saturated carbocycles. The van der Waals surface area contributed by atoms with Gasteiger partial charge in [0.05, 0.1) is 7.11 Å². The molecule has 0 spiro atoms. The molecule has 0 saturated heterocycles. The van der Waals surface area contributed by atoms with Crippen molar-refractivity contribution in [3.05, 3.63) is 124 Å². The van der Waals surface area contributed by atoms with E-state index in [9.17, 15) is 9.59 Å². The number of methoxy groups -OCH3 is 1. The Labute approximate surface area is 222 Å². The molecule has 0 radical (unpaired) electrons. The number of ketones is 1. The summed E-state index contributed by atoms with van der Waals surface area (Å²) in [6.45, 7) is 0. The summed E-state index contributed by atoms with van der Waals surface area (Å²) in [6.07, 6.45) is 3.10. The third-order valence-corrected chi connectivity index (χ3v) is 6.33. The quantitative estimate of drug-likeness (QED) is 0.0885. The van der Waals surface area contributed by atoms with Gasteiger partial charge in [-0.2, -0.15) is 0 Å². The minimum Gasteiger partial charge on any atom is -0.497 e. The van der Waals surface area contributed by atoms with Crippen LogP contribution in [0.3, 0.4) is 0 Å². The molecule has 5 nitrogen and oxygen atoms in total. The lowest BCUT2D eigenvalue weighted by atomic mass is 10.1. The molecule has 37 heavy (non-hydrogen) atoms. The smallest absolute Gasteiger partial charge is 0.348 e. The summed E-state index contributed by atoms with van der Waals surface area (Å²) in [7, 11) is 1.56. The second-order valence-electron chi connectivity index (χ2n) is 8.17. The van der Waals surface area contributed by atoms with Gasteiger partial charge in [0.25, 0.3) is 0 Å². The van der Waals surface area contributed by atoms with Crippen LogP contribution < -0.4 is 9.47 Å². The highest BCUT2D eigenvalue weighted by Gasteiger charge is 2.25. The predicted octanol–water partition coefficient (Wildman–Crippen LogP) is 7.99. The monoisotopic (exact) mass is 552 g/mol. The first-order chi connectivity index (χ1) is 18.0. The Morgan fingerprint density at radius 1 is 0.865 bits per heavy atom. The number of furan rings is 1. The highest BCUT2D eigenvalue weighted by molar-refractivity contribution is 9.10. The summed E-state index contributed by atoms with van der Waals surface area (Å²) in [4.78, 5) is 26.2. The zero-order valence-electron chi connectivity index (χ0n) is 19.8. The Bertz CT molecular complexity index is 1620. The molecule has 0 aliphatic heterocycles. The van der Waals surface area contributed by atoms with E-state index in [0.717, 1.165) is 10.0 Å². The topological polar surface area (TPSA) is 65.7 Å². The first kappa shape index (κ1) is 24.3. The van der Waals surface area contributed by atoms with Crippen molar-refractivity contribution in [2.75, 3.05) is 7.11 Å². The number of para-hydroxylation sites is 1. The van der Waals surface area contributed by atoms with Gasteiger partial charge in [0.15, 0.2) is 5.78 Å². The van der Waals surface area contributed by atoms with E-state index in [1.807, 2.05) is 48.5 Å². The molecular weight excluding hydrogens is 532 g/mol. The minimum absolute atomic E-state index is 0.159. The van der Waals surface area contributed by atoms with E-state index in [2.05, 4.69) is 15.9 Å². The Morgan fingerprint density at radius 2 is 1.59 bits per heavy atom. The average Bonchev–Trinajstić information content (AvgIpc) is 3.32. The van der Waals surface area contributed by atoms with Crippen molar-refractivity contribution in [2.24, 2.45) is 0 Å². The van der Waals surface area contributed by atoms with Gasteiger partial charge in [-0.3, -0.25) is 4.79 Å². The van der Waals surface area contributed by atoms with Gasteiger partial charge in [-0.25, -0.2) is 4.79 Å². The van der Waals surface area contributed by atoms with E-state index in [-0.39, 0.29) is 5.78 Å². The van der Waals surface area contributed by atoms with Crippen molar-refractivity contribution in [3.8, 4) is 22.8 Å². The zero-order valence-corrected chi connectivity index (χ0v) is 21.4. The van der Waals surface area contributed by atoms with Gasteiger partial charge in [0.2, 0.25) is 0 Å². The van der Waals surface area contributed by atoms with Crippen LogP contribution in [-0.2, 0) is 0 Å². The Hall–Kier alpha value is -4.42. The highest BCUT2D eigenvalue weighted by Crippen LogP contribution is 2.36. The van der Waals surface area contributed by atoms with Gasteiger partial charge in [0, 0.05) is 26.5 Å². The van der Waals surface area contributed by atoms with E-state index in [4.69, 9.17) is 13.9 Å². The van der Waals surface area contributed by atoms with Crippen molar-refractivity contribution in [3.63, 3.8) is 0 Å². The van der Waals surface area contributed by atoms with Crippen LogP contribution in [0.2, 0.25) is 0 Å². The molecule has 6 heteroatoms. The number of hydrogen-bond donors (Lipinski definition) is 0. The summed E-state index contributed by atoms with van der Waals surface area (Å²) in [5.41, 5.74) is 2.73. The molecule has 5 rings (SSSR count). The van der Waals surface area contributed by atoms with E-state index in [1.54, 1.807) is 61.7 Å². The molecule has 0 amide bonds. The van der Waals surface area contributed by atoms with Crippen LogP contribution in [0.25, 0.3) is 28.4 Å². The van der Waals surface area contributed by atoms with Crippen molar-refractivity contribution < 1.29 is 23.5 Å². The Balaban J connectivity index is 1.50. The maximum absolute atomic E-state index is 13.6. The van der Waals surface area contributed by atoms with E-state index >= 15 is 0 Å². The Kier molecular flexibility index (Phi) is 7.01. The van der Waals surface area contributed by atoms with Gasteiger partial charge in [-0.1, -0.05) is 64.5 Å². The molecule has 0 aliphatic rings. The van der Waals surface area contributed by atoms with Gasteiger partial charge < -0.3 is 13.9 Å². The summed E-state index contributed by atoms with van der Waals surface area (Å²) in [5.74, 6) is 0.589. The second-order valence-corrected chi connectivity index (χ2v) is 9.08. The van der Waals surface area contributed by atoms with Crippen LogP contribution in [0.5, 0.6) is 11.5 Å². The first-order valence-corrected chi connectivity index (χ1v) is 12.3. The van der Waals surface area contributed by atoms with Gasteiger partial charge >= 0.3 is 5.97 Å². The number of allylic oxidation sites excluding steroid dienone is 1. The second kappa shape index (κ2) is 10.7. The number of benzene rings is 4. The fourth-order valence-corrected chi connectivity index (χ4v) is 4.20. The third kappa shape index (κ3) is 5.25. The van der Waals surface area contributed by atoms with Crippen LogP contribution >= 0.6 is 15.9 Å². The lowest BCUT2D eigenvalue weighted by Gasteiger charge is -2.08. The predicted molar refractivity (Wildman–Crippen MR) is 147 cm³/mol. The minimum atomic E-state index is -0.578. The molecule has 182 valence electrons. The van der Waals surface area contributed by atoms with Crippen LogP contribution in [0.4, 0.5) is 0 Å². The largest absolute Gasteiger partial charge is 0.497 e. The van der Waals surface area contributed by atoms with Crippen molar-refractivity contribution in [1.29, 1.82) is 0 Å². The number of hydrogen-bond acceptors (Lipinski definition) is 5. The van der Waals surface area contributed by atoms with Gasteiger partial charge in [0.1, 0.15) is 28.4 Å². The molecule has 0 N–H and O–H groups in total. The number of fused-ring (bicyclic) bond motifs is 1. The number of halogens is 1. The average molecular weight is 553 g/mol. The normalized spacial score (nSPS) is 11.1. The van der Waals surface area contributed by atoms with E-state index in [0.29, 0.717) is 44.9 Å². The zero-order chi connectivity index (χ0) is 25.8. The molecule has 0 fully saturated rings. The fraction of sp³-hybridized carbons (Fsp3) is 0.0323. The number of esters is 1. The van der Waals surface area contributed by atoms with Gasteiger partial charge in [-0.15, -0.1) is 0 Å². The number of carbonyl (C=O) groups is 2. The molecule has 4 aromatic carbocycles. The molecule has 0 atom stereocenters. The maximum atomic E-state index is 13.6. The third-order valence-electron chi connectivity index (χ3n) is 5.80. The number of rotatable bonds is 7. The van der Waals surface area contributed by atoms with Gasteiger partial charge in [-0.05, 0) is 60.7 Å². The molecule has 1 heterocycles. The van der Waals surface area contributed by atoms with Crippen molar-refractivity contribution in [1.82, 2.24) is 0 Å². The van der Waals surface area contributed by atoms with Crippen molar-refractivity contribution in [2.45, 2.75) is 0 Å². The van der Waals surface area contributed by atoms with Crippen LogP contribution in [0.15, 0.2) is 112 Å². The molecule has 0 unspecified atom stereocenters. The summed E-state index contributed by atoms with van der Waals surface area (Å²) in [6, 6.07) is 28.8. The Morgan fingerprint density at radius 3 is 2.35 bits per heavy atom. The number of ether oxygens (including phenoxy) is 2. The fourth-order valence-electron chi connectivity index (χ4n) is 3.94. The van der Waals surface area contributed by atoms with Crippen LogP contribution in [-0.4, -0.2) is 18.9 Å². The van der Waals surface area contributed by atoms with Crippen LogP contribution in [0.1, 0.15) is 26.3 Å². The van der Waals surface area contributed by atoms with Crippen molar-refractivity contribution >= 4 is 44.7 Å². The molecule has 1 aromatic heterocycles. The lowest BCUT2D eigenvalue weighted by Crippen LogP contribution is -2.10. The molecule has 0 aliphatic carbocycles. The van der Waals surface area contributed by atoms with Crippen LogP contribution in [0, 0.1) is 0 Å². The standard InChI is InChI=1S/C31H21BrO5/c1-35-24-16-18-28-25(19-24)29(30(36-28)22-8-3-2-4-9-22)31(34)37-27-10-6-5-7-21(27)13-17-26(33)20-11-14-23(32)15-12-20/h2-19H,1H3. The summed E-state index contributed by atoms with van der Waals surface area (Å²) in [5, 5.41) is 0.585. The molecular formula is C31H21BrO5. The maximum Gasteiger partial charge on any atom is 0.348 e. The van der Waals surface area contributed by atoms with E-state index in [1.165, 1.54) is 6.08 Å². The first-order valence-electron chi connectivity index (χ1n) is 11.5. The number of carbonyl (C=O) groups excluding carboxylic acids is 2. The summed E-state index contributed by atoms with van der Waals surface area (Å²) >= 11 is 3.37. The lowest BCUT2D eigenvalue weighted by molar-refractivity contribution is 0.0736. The SMILES string of the molecule is COc1ccc2oc(-c3ccccc3)c(C(=O)Oc3ccccc3C=CC(=O)c3ccc(Br)cc3)c2c1. The summed E-state index contributed by atoms with van der Waals surface area (Å²) < 4.78 is 18.2. The molecule has 5 aromatic rings. The van der Waals surface area contributed by atoms with E-state index < -0.39 is 5.97 Å².